The van der Waals surface area contributed by atoms with Gasteiger partial charge in [0.2, 0.25) is 10.0 Å². The summed E-state index contributed by atoms with van der Waals surface area (Å²) in [5.74, 6) is 0.517. The summed E-state index contributed by atoms with van der Waals surface area (Å²) in [5, 5.41) is 0. The molecular weight excluding hydrogens is 410 g/mol. The maximum Gasteiger partial charge on any atom is 0.253 e. The number of rotatable bonds is 4. The van der Waals surface area contributed by atoms with Gasteiger partial charge in [0.1, 0.15) is 0 Å². The van der Waals surface area contributed by atoms with E-state index in [1.807, 2.05) is 24.8 Å². The summed E-state index contributed by atoms with van der Waals surface area (Å²) in [7, 11) is -3.59. The maximum absolute atomic E-state index is 13.4. The lowest BCUT2D eigenvalue weighted by Gasteiger charge is -2.38. The molecule has 1 aromatic rings. The second-order valence-electron chi connectivity index (χ2n) is 9.77. The molecule has 4 rings (SSSR count). The lowest BCUT2D eigenvalue weighted by atomic mass is 10.0. The molecule has 7 heteroatoms. The minimum atomic E-state index is -3.59. The molecule has 31 heavy (non-hydrogen) atoms. The van der Waals surface area contributed by atoms with Crippen molar-refractivity contribution in [3.8, 4) is 0 Å². The first-order chi connectivity index (χ1) is 14.8. The number of hydrogen-bond donors (Lipinski definition) is 0. The first kappa shape index (κ1) is 22.7. The molecule has 2 aliphatic heterocycles. The fraction of sp³-hybridized carbons (Fsp3) is 0.708. The summed E-state index contributed by atoms with van der Waals surface area (Å²) in [5.41, 5.74) is 2.11. The zero-order chi connectivity index (χ0) is 22.2. The number of aryl methyl sites for hydroxylation is 1. The van der Waals surface area contributed by atoms with Crippen molar-refractivity contribution in [3.63, 3.8) is 0 Å². The number of nitrogens with zero attached hydrogens (tertiary/aromatic N) is 3. The van der Waals surface area contributed by atoms with E-state index in [9.17, 15) is 13.2 Å². The average molecular weight is 448 g/mol. The molecule has 0 N–H and O–H groups in total. The summed E-state index contributed by atoms with van der Waals surface area (Å²) in [4.78, 5) is 18.0. The number of piperidine rings is 1. The number of hydrogen-bond acceptors (Lipinski definition) is 4. The monoisotopic (exact) mass is 447 g/mol. The van der Waals surface area contributed by atoms with Crippen molar-refractivity contribution in [1.29, 1.82) is 0 Å². The van der Waals surface area contributed by atoms with Crippen LogP contribution in [0.2, 0.25) is 0 Å². The van der Waals surface area contributed by atoms with Crippen LogP contribution in [0.1, 0.15) is 66.9 Å². The highest BCUT2D eigenvalue weighted by Gasteiger charge is 2.32. The third-order valence-corrected chi connectivity index (χ3v) is 9.69. The van der Waals surface area contributed by atoms with Crippen LogP contribution in [-0.2, 0) is 10.0 Å². The van der Waals surface area contributed by atoms with Gasteiger partial charge < -0.3 is 4.90 Å². The molecule has 0 atom stereocenters. The van der Waals surface area contributed by atoms with Crippen molar-refractivity contribution in [2.75, 3.05) is 39.3 Å². The molecule has 0 radical (unpaired) electrons. The lowest BCUT2D eigenvalue weighted by molar-refractivity contribution is 0.0573. The summed E-state index contributed by atoms with van der Waals surface area (Å²) in [6, 6.07) is 4.17. The highest BCUT2D eigenvalue weighted by Crippen LogP contribution is 2.29. The van der Waals surface area contributed by atoms with E-state index in [1.165, 1.54) is 25.7 Å². The summed E-state index contributed by atoms with van der Waals surface area (Å²) >= 11 is 0. The number of amides is 1. The Labute approximate surface area is 187 Å². The zero-order valence-corrected chi connectivity index (χ0v) is 20.1. The standard InChI is InChI=1S/C24H37N3O3S/c1-18-8-10-27(11-9-18)31(29,30)23-17-21(16-19(2)20(23)3)24(28)26-14-12-25(13-15-26)22-6-4-5-7-22/h16-18,22H,4-15H2,1-3H3. The van der Waals surface area contributed by atoms with Gasteiger partial charge in [0.15, 0.2) is 0 Å². The van der Waals surface area contributed by atoms with E-state index in [2.05, 4.69) is 11.8 Å². The third-order valence-electron chi connectivity index (χ3n) is 7.67. The fourth-order valence-electron chi connectivity index (χ4n) is 5.32. The molecule has 0 aromatic heterocycles. The normalized spacial score (nSPS) is 22.9. The maximum atomic E-state index is 13.4. The van der Waals surface area contributed by atoms with Gasteiger partial charge in [0.25, 0.3) is 5.91 Å². The molecule has 0 spiro atoms. The number of carbonyl (C=O) groups is 1. The average Bonchev–Trinajstić information content (AvgIpc) is 3.30. The van der Waals surface area contributed by atoms with E-state index in [4.69, 9.17) is 0 Å². The van der Waals surface area contributed by atoms with Crippen LogP contribution in [0.5, 0.6) is 0 Å². The summed E-state index contributed by atoms with van der Waals surface area (Å²) < 4.78 is 28.4. The number of benzene rings is 1. The molecular formula is C24H37N3O3S. The van der Waals surface area contributed by atoms with Gasteiger partial charge in [-0.25, -0.2) is 8.42 Å². The van der Waals surface area contributed by atoms with Gasteiger partial charge in [-0.15, -0.1) is 0 Å². The Morgan fingerprint density at radius 3 is 2.13 bits per heavy atom. The molecule has 1 saturated carbocycles. The Kier molecular flexibility index (Phi) is 6.75. The quantitative estimate of drug-likeness (QED) is 0.710. The van der Waals surface area contributed by atoms with Crippen molar-refractivity contribution in [1.82, 2.24) is 14.1 Å². The minimum Gasteiger partial charge on any atom is -0.336 e. The molecule has 3 fully saturated rings. The molecule has 0 bridgehead atoms. The predicted molar refractivity (Wildman–Crippen MR) is 123 cm³/mol. The predicted octanol–water partition coefficient (Wildman–Crippen LogP) is 3.42. The topological polar surface area (TPSA) is 60.9 Å². The van der Waals surface area contributed by atoms with Crippen molar-refractivity contribution in [2.45, 2.75) is 70.2 Å². The van der Waals surface area contributed by atoms with Gasteiger partial charge in [-0.1, -0.05) is 19.8 Å². The highest BCUT2D eigenvalue weighted by molar-refractivity contribution is 7.89. The van der Waals surface area contributed by atoms with E-state index in [1.54, 1.807) is 10.4 Å². The van der Waals surface area contributed by atoms with Crippen LogP contribution in [0.4, 0.5) is 0 Å². The fourth-order valence-corrected chi connectivity index (χ4v) is 7.12. The SMILES string of the molecule is Cc1cc(C(=O)N2CCN(C3CCCC3)CC2)cc(S(=O)(=O)N2CCC(C)CC2)c1C. The number of sulfonamides is 1. The Bertz CT molecular complexity index is 908. The zero-order valence-electron chi connectivity index (χ0n) is 19.3. The van der Waals surface area contributed by atoms with Crippen LogP contribution in [0.15, 0.2) is 17.0 Å². The summed E-state index contributed by atoms with van der Waals surface area (Å²) in [6.07, 6.45) is 6.98. The molecule has 172 valence electrons. The molecule has 2 heterocycles. The van der Waals surface area contributed by atoms with Gasteiger partial charge in [-0.05, 0) is 68.7 Å². The van der Waals surface area contributed by atoms with Crippen LogP contribution >= 0.6 is 0 Å². The largest absolute Gasteiger partial charge is 0.336 e. The Balaban J connectivity index is 1.51. The third kappa shape index (κ3) is 4.69. The molecule has 3 aliphatic rings. The van der Waals surface area contributed by atoms with Gasteiger partial charge in [0, 0.05) is 50.9 Å². The highest BCUT2D eigenvalue weighted by atomic mass is 32.2. The Morgan fingerprint density at radius 1 is 0.903 bits per heavy atom. The lowest BCUT2D eigenvalue weighted by Crippen LogP contribution is -2.51. The number of carbonyl (C=O) groups excluding carboxylic acids is 1. The van der Waals surface area contributed by atoms with Gasteiger partial charge in [-0.2, -0.15) is 4.31 Å². The molecule has 1 aromatic carbocycles. The van der Waals surface area contributed by atoms with E-state index in [-0.39, 0.29) is 5.91 Å². The van der Waals surface area contributed by atoms with Crippen LogP contribution in [0.25, 0.3) is 0 Å². The molecule has 1 aliphatic carbocycles. The first-order valence-electron chi connectivity index (χ1n) is 11.9. The van der Waals surface area contributed by atoms with Gasteiger partial charge >= 0.3 is 0 Å². The Morgan fingerprint density at radius 2 is 1.52 bits per heavy atom. The van der Waals surface area contributed by atoms with E-state index < -0.39 is 10.0 Å². The van der Waals surface area contributed by atoms with E-state index in [0.717, 1.165) is 37.1 Å². The smallest absolute Gasteiger partial charge is 0.253 e. The first-order valence-corrected chi connectivity index (χ1v) is 13.4. The molecule has 2 saturated heterocycles. The van der Waals surface area contributed by atoms with E-state index >= 15 is 0 Å². The van der Waals surface area contributed by atoms with Crippen LogP contribution in [0.3, 0.4) is 0 Å². The van der Waals surface area contributed by atoms with Crippen molar-refractivity contribution in [3.05, 3.63) is 28.8 Å². The second kappa shape index (κ2) is 9.20. The van der Waals surface area contributed by atoms with Crippen LogP contribution in [-0.4, -0.2) is 73.7 Å². The van der Waals surface area contributed by atoms with Crippen LogP contribution in [0, 0.1) is 19.8 Å². The van der Waals surface area contributed by atoms with Crippen molar-refractivity contribution in [2.24, 2.45) is 5.92 Å². The van der Waals surface area contributed by atoms with E-state index in [0.29, 0.717) is 48.6 Å². The molecule has 6 nitrogen and oxygen atoms in total. The Hall–Kier alpha value is -1.44. The second-order valence-corrected chi connectivity index (χ2v) is 11.7. The minimum absolute atomic E-state index is 0.0436. The van der Waals surface area contributed by atoms with Gasteiger partial charge in [-0.3, -0.25) is 9.69 Å². The van der Waals surface area contributed by atoms with Gasteiger partial charge in [0.05, 0.1) is 4.90 Å². The van der Waals surface area contributed by atoms with Crippen molar-refractivity contribution >= 4 is 15.9 Å². The molecule has 0 unspecified atom stereocenters. The number of piperazine rings is 1. The summed E-state index contributed by atoms with van der Waals surface area (Å²) in [6.45, 7) is 10.3. The van der Waals surface area contributed by atoms with Crippen LogP contribution < -0.4 is 0 Å². The van der Waals surface area contributed by atoms with Crippen molar-refractivity contribution < 1.29 is 13.2 Å². The molecule has 1 amide bonds.